The van der Waals surface area contributed by atoms with Crippen LogP contribution in [0.2, 0.25) is 0 Å². The first-order chi connectivity index (χ1) is 12.2. The van der Waals surface area contributed by atoms with Gasteiger partial charge in [0, 0.05) is 29.8 Å². The van der Waals surface area contributed by atoms with Crippen LogP contribution in [-0.4, -0.2) is 16.2 Å². The van der Waals surface area contributed by atoms with Crippen LogP contribution in [0.5, 0.6) is 0 Å². The number of hydrogen-bond donors (Lipinski definition) is 1. The van der Waals surface area contributed by atoms with Crippen LogP contribution in [0.4, 0.5) is 11.6 Å². The molecule has 2 aliphatic carbocycles. The molecule has 128 valence electrons. The van der Waals surface area contributed by atoms with Gasteiger partial charge in [0.1, 0.15) is 4.83 Å². The van der Waals surface area contributed by atoms with Gasteiger partial charge < -0.3 is 10.8 Å². The predicted octanol–water partition coefficient (Wildman–Crippen LogP) is 1.81. The average Bonchev–Trinajstić information content (AvgIpc) is 3.29. The maximum Gasteiger partial charge on any atom is 0.320 e. The molecule has 8 heteroatoms. The monoisotopic (exact) mass is 355 g/mol. The van der Waals surface area contributed by atoms with Crippen LogP contribution in [0.1, 0.15) is 47.9 Å². The van der Waals surface area contributed by atoms with Crippen molar-refractivity contribution in [2.24, 2.45) is 4.99 Å². The number of anilines is 1. The molecule has 0 radical (unpaired) electrons. The van der Waals surface area contributed by atoms with Gasteiger partial charge in [-0.05, 0) is 42.0 Å². The quantitative estimate of drug-likeness (QED) is 0.438. The van der Waals surface area contributed by atoms with Gasteiger partial charge in [-0.2, -0.15) is 0 Å². The Morgan fingerprint density at radius 3 is 3.04 bits per heavy atom. The minimum absolute atomic E-state index is 0.209. The van der Waals surface area contributed by atoms with Crippen LogP contribution >= 0.6 is 11.3 Å². The van der Waals surface area contributed by atoms with Crippen LogP contribution < -0.4 is 15.5 Å². The Morgan fingerprint density at radius 2 is 2.20 bits per heavy atom. The smallest absolute Gasteiger partial charge is 0.320 e. The highest BCUT2D eigenvalue weighted by Gasteiger charge is 2.35. The maximum absolute atomic E-state index is 12.6. The Balaban J connectivity index is 1.54. The van der Waals surface area contributed by atoms with Crippen LogP contribution in [0.15, 0.2) is 21.8 Å². The fraction of sp³-hybridized carbons (Fsp3) is 0.412. The molecule has 0 unspecified atom stereocenters. The Bertz CT molecular complexity index is 1000. The molecule has 0 atom stereocenters. The minimum atomic E-state index is -0.405. The molecule has 0 amide bonds. The van der Waals surface area contributed by atoms with Crippen molar-refractivity contribution in [2.45, 2.75) is 44.6 Å². The van der Waals surface area contributed by atoms with E-state index in [4.69, 9.17) is 15.2 Å². The van der Waals surface area contributed by atoms with Crippen molar-refractivity contribution in [3.05, 3.63) is 28.4 Å². The largest absolute Gasteiger partial charge is 0.857 e. The highest BCUT2D eigenvalue weighted by atomic mass is 32.1. The molecule has 1 saturated carbocycles. The Morgan fingerprint density at radius 1 is 1.36 bits per heavy atom. The zero-order valence-electron chi connectivity index (χ0n) is 13.6. The molecular weight excluding hydrogens is 338 g/mol. The molecule has 3 aromatic rings. The third-order valence-electron chi connectivity index (χ3n) is 4.80. The molecular formula is C17H17N5O2S. The van der Waals surface area contributed by atoms with E-state index in [1.807, 2.05) is 0 Å². The second-order valence-corrected chi connectivity index (χ2v) is 7.67. The maximum atomic E-state index is 12.6. The second-order valence-electron chi connectivity index (χ2n) is 6.67. The van der Waals surface area contributed by atoms with E-state index in [2.05, 4.69) is 16.3 Å². The van der Waals surface area contributed by atoms with Gasteiger partial charge in [-0.25, -0.2) is 9.98 Å². The molecule has 3 aromatic heterocycles. The molecule has 25 heavy (non-hydrogen) atoms. The van der Waals surface area contributed by atoms with Crippen molar-refractivity contribution in [1.82, 2.24) is 10.3 Å². The highest BCUT2D eigenvalue weighted by molar-refractivity contribution is 7.21. The van der Waals surface area contributed by atoms with Crippen LogP contribution in [-0.2, 0) is 12.8 Å². The van der Waals surface area contributed by atoms with E-state index in [0.717, 1.165) is 41.6 Å². The number of aliphatic imine (C=N–C) groups is 1. The van der Waals surface area contributed by atoms with Crippen molar-refractivity contribution in [1.29, 1.82) is 0 Å². The van der Waals surface area contributed by atoms with Gasteiger partial charge in [0.15, 0.2) is 6.04 Å². The summed E-state index contributed by atoms with van der Waals surface area (Å²) in [5, 5.41) is 17.3. The number of thiophene rings is 1. The summed E-state index contributed by atoms with van der Waals surface area (Å²) in [5.74, 6) is -0.196. The topological polar surface area (TPSA) is 104 Å². The van der Waals surface area contributed by atoms with Crippen molar-refractivity contribution >= 4 is 39.0 Å². The van der Waals surface area contributed by atoms with Crippen molar-refractivity contribution < 1.29 is 14.3 Å². The van der Waals surface area contributed by atoms with Gasteiger partial charge in [-0.3, -0.25) is 4.52 Å². The first-order valence-corrected chi connectivity index (χ1v) is 9.35. The van der Waals surface area contributed by atoms with E-state index >= 15 is 0 Å². The molecule has 0 bridgehead atoms. The van der Waals surface area contributed by atoms with E-state index in [9.17, 15) is 5.11 Å². The van der Waals surface area contributed by atoms with Gasteiger partial charge in [-0.1, -0.05) is 0 Å². The standard InChI is InChI=1S/C17H17N5O2S/c18-14-11-7-9-3-1-2-4-12(9)19-17(11)25-15(14)16(23)20-13-8-22(21-24-13)10-5-6-10/h7-8,10H,1-6H2,(H2-,18,20,21,23). The molecule has 7 nitrogen and oxygen atoms in total. The molecule has 0 saturated heterocycles. The van der Waals surface area contributed by atoms with Crippen LogP contribution in [0, 0.1) is 0 Å². The minimum Gasteiger partial charge on any atom is -0.857 e. The fourth-order valence-electron chi connectivity index (χ4n) is 3.28. The zero-order chi connectivity index (χ0) is 17.0. The molecule has 0 aromatic carbocycles. The predicted molar refractivity (Wildman–Crippen MR) is 91.8 cm³/mol. The number of nitrogens with two attached hydrogens (primary N) is 1. The third kappa shape index (κ3) is 2.57. The number of hydrogen-bond acceptors (Lipinski definition) is 7. The lowest BCUT2D eigenvalue weighted by atomic mass is 9.95. The lowest BCUT2D eigenvalue weighted by molar-refractivity contribution is -0.765. The summed E-state index contributed by atoms with van der Waals surface area (Å²) in [6.45, 7) is 0. The number of pyridine rings is 1. The molecule has 2 aliphatic rings. The normalized spacial score (nSPS) is 17.8. The Kier molecular flexibility index (Phi) is 3.27. The summed E-state index contributed by atoms with van der Waals surface area (Å²) in [7, 11) is 0. The molecule has 1 fully saturated rings. The van der Waals surface area contributed by atoms with E-state index in [-0.39, 0.29) is 5.88 Å². The number of nitrogen functional groups attached to an aromatic ring is 1. The lowest BCUT2D eigenvalue weighted by Crippen LogP contribution is -2.32. The molecule has 0 spiro atoms. The van der Waals surface area contributed by atoms with Gasteiger partial charge in [-0.15, -0.1) is 11.3 Å². The summed E-state index contributed by atoms with van der Waals surface area (Å²) in [6, 6.07) is 2.47. The van der Waals surface area contributed by atoms with Gasteiger partial charge >= 0.3 is 5.88 Å². The van der Waals surface area contributed by atoms with E-state index in [1.54, 1.807) is 10.9 Å². The first-order valence-electron chi connectivity index (χ1n) is 8.54. The number of rotatable bonds is 3. The summed E-state index contributed by atoms with van der Waals surface area (Å²) in [4.78, 5) is 9.98. The van der Waals surface area contributed by atoms with Crippen LogP contribution in [0.25, 0.3) is 10.2 Å². The third-order valence-corrected chi connectivity index (χ3v) is 5.90. The van der Waals surface area contributed by atoms with E-state index in [1.165, 1.54) is 29.7 Å². The molecule has 2 N–H and O–H groups in total. The van der Waals surface area contributed by atoms with Gasteiger partial charge in [0.25, 0.3) is 6.20 Å². The van der Waals surface area contributed by atoms with Crippen molar-refractivity contribution in [3.8, 4) is 0 Å². The Labute approximate surface area is 147 Å². The van der Waals surface area contributed by atoms with Crippen molar-refractivity contribution in [2.75, 3.05) is 5.73 Å². The number of aromatic nitrogens is 3. The summed E-state index contributed by atoms with van der Waals surface area (Å²) in [6.07, 6.45) is 8.21. The lowest BCUT2D eigenvalue weighted by Gasteiger charge is -2.14. The fourth-order valence-corrected chi connectivity index (χ4v) is 4.26. The van der Waals surface area contributed by atoms with Crippen molar-refractivity contribution in [3.63, 3.8) is 0 Å². The molecule has 5 rings (SSSR count). The Hall–Kier alpha value is -2.48. The summed E-state index contributed by atoms with van der Waals surface area (Å²) in [5.41, 5.74) is 9.08. The molecule has 3 heterocycles. The number of nitrogens with zero attached hydrogens (tertiary/aromatic N) is 4. The van der Waals surface area contributed by atoms with Gasteiger partial charge in [0.2, 0.25) is 5.27 Å². The zero-order valence-corrected chi connectivity index (χ0v) is 14.4. The molecule has 0 aliphatic heterocycles. The average molecular weight is 355 g/mol. The van der Waals surface area contributed by atoms with Crippen LogP contribution in [0.3, 0.4) is 0 Å². The van der Waals surface area contributed by atoms with Gasteiger partial charge in [0.05, 0.1) is 10.6 Å². The second kappa shape index (κ2) is 5.52. The first kappa shape index (κ1) is 14.8. The summed E-state index contributed by atoms with van der Waals surface area (Å²) < 4.78 is 6.85. The summed E-state index contributed by atoms with van der Waals surface area (Å²) >= 11 is 1.30. The highest BCUT2D eigenvalue weighted by Crippen LogP contribution is 2.35. The number of fused-ring (bicyclic) bond motifs is 2. The van der Waals surface area contributed by atoms with E-state index < -0.39 is 5.90 Å². The SMILES string of the molecule is Nc1c(/C([O-])=N/c2c[n+](C3CC3)no2)sc2nc3c(cc12)CCCC3. The number of aryl methyl sites for hydroxylation is 2. The van der Waals surface area contributed by atoms with E-state index in [0.29, 0.717) is 16.6 Å².